The number of likely N-dealkylation sites (tertiary alicyclic amines) is 1. The molecule has 1 fully saturated rings. The number of rotatable bonds is 11. The number of guanidine groups is 1. The Morgan fingerprint density at radius 3 is 2.73 bits per heavy atom. The van der Waals surface area contributed by atoms with Crippen molar-refractivity contribution in [3.8, 4) is 5.75 Å². The number of halogens is 1. The summed E-state index contributed by atoms with van der Waals surface area (Å²) < 4.78 is 16.4. The summed E-state index contributed by atoms with van der Waals surface area (Å²) in [4.78, 5) is 17.9. The molecule has 0 radical (unpaired) electrons. The van der Waals surface area contributed by atoms with Gasteiger partial charge in [-0.25, -0.2) is 4.99 Å². The summed E-state index contributed by atoms with van der Waals surface area (Å²) >= 11 is 0. The van der Waals surface area contributed by atoms with Crippen LogP contribution >= 0.6 is 24.0 Å². The molecule has 2 rings (SSSR count). The minimum absolute atomic E-state index is 0. The van der Waals surface area contributed by atoms with Gasteiger partial charge in [0.25, 0.3) is 5.91 Å². The van der Waals surface area contributed by atoms with Crippen LogP contribution in [0.1, 0.15) is 31.7 Å². The van der Waals surface area contributed by atoms with E-state index in [0.29, 0.717) is 18.4 Å². The summed E-state index contributed by atoms with van der Waals surface area (Å²) in [7, 11) is 1.71. The first-order valence-electron chi connectivity index (χ1n) is 10.3. The van der Waals surface area contributed by atoms with Crippen molar-refractivity contribution >= 4 is 35.8 Å². The normalized spacial score (nSPS) is 14.9. The van der Waals surface area contributed by atoms with Crippen LogP contribution in [0.4, 0.5) is 0 Å². The number of hydrogen-bond donors (Lipinski definition) is 2. The molecule has 1 heterocycles. The summed E-state index contributed by atoms with van der Waals surface area (Å²) in [6.45, 7) is 6.62. The van der Waals surface area contributed by atoms with E-state index >= 15 is 0 Å². The van der Waals surface area contributed by atoms with Gasteiger partial charge < -0.3 is 30.2 Å². The van der Waals surface area contributed by atoms with Crippen LogP contribution in [0.25, 0.3) is 0 Å². The minimum atomic E-state index is -0.492. The third-order valence-corrected chi connectivity index (χ3v) is 4.61. The Morgan fingerprint density at radius 1 is 1.30 bits per heavy atom. The van der Waals surface area contributed by atoms with Crippen LogP contribution in [-0.2, 0) is 20.8 Å². The summed E-state index contributed by atoms with van der Waals surface area (Å²) in [6, 6.07) is 7.57. The van der Waals surface area contributed by atoms with Crippen LogP contribution in [0, 0.1) is 0 Å². The monoisotopic (exact) mass is 534 g/mol. The Labute approximate surface area is 196 Å². The van der Waals surface area contributed by atoms with E-state index in [4.69, 9.17) is 24.9 Å². The van der Waals surface area contributed by atoms with Crippen LogP contribution in [0.5, 0.6) is 5.75 Å². The number of primary amides is 1. The smallest absolute Gasteiger partial charge is 0.255 e. The lowest BCUT2D eigenvalue weighted by molar-refractivity contribution is -0.119. The first-order chi connectivity index (χ1) is 14.1. The first-order valence-corrected chi connectivity index (χ1v) is 10.3. The molecule has 8 nitrogen and oxygen atoms in total. The fraction of sp³-hybridized carbons (Fsp3) is 0.619. The first kappa shape index (κ1) is 26.4. The van der Waals surface area contributed by atoms with Crippen molar-refractivity contribution < 1.29 is 19.0 Å². The average molecular weight is 534 g/mol. The van der Waals surface area contributed by atoms with E-state index in [1.807, 2.05) is 18.2 Å². The molecule has 1 amide bonds. The highest BCUT2D eigenvalue weighted by Gasteiger charge is 2.21. The quantitative estimate of drug-likeness (QED) is 0.196. The SMILES string of the molecule is CCNC(=NCc1cccc(OCC(N)=O)c1)N1CCC(OCCCOC)CC1.I. The highest BCUT2D eigenvalue weighted by molar-refractivity contribution is 14.0. The van der Waals surface area contributed by atoms with Crippen molar-refractivity contribution in [2.75, 3.05) is 46.6 Å². The number of hydrogen-bond acceptors (Lipinski definition) is 5. The van der Waals surface area contributed by atoms with Crippen LogP contribution in [-0.4, -0.2) is 69.4 Å². The third kappa shape index (κ3) is 9.94. The van der Waals surface area contributed by atoms with E-state index in [2.05, 4.69) is 17.1 Å². The minimum Gasteiger partial charge on any atom is -0.484 e. The Kier molecular flexibility index (Phi) is 13.4. The van der Waals surface area contributed by atoms with Crippen LogP contribution in [0.2, 0.25) is 0 Å². The number of nitrogens with two attached hydrogens (primary N) is 1. The standard InChI is InChI=1S/C21H34N4O4.HI/c1-3-23-21(25-10-8-18(9-11-25)28-13-5-12-27-2)24-15-17-6-4-7-19(14-17)29-16-20(22)26;/h4,6-7,14,18H,3,5,8-13,15-16H2,1-2H3,(H2,22,26)(H,23,24);1H. The molecule has 3 N–H and O–H groups in total. The summed E-state index contributed by atoms with van der Waals surface area (Å²) in [6.07, 6.45) is 3.23. The van der Waals surface area contributed by atoms with E-state index in [1.165, 1.54) is 0 Å². The van der Waals surface area contributed by atoms with Gasteiger partial charge in [0.1, 0.15) is 5.75 Å². The molecule has 1 saturated heterocycles. The number of ether oxygens (including phenoxy) is 3. The zero-order chi connectivity index (χ0) is 20.9. The van der Waals surface area contributed by atoms with Crippen molar-refractivity contribution in [2.24, 2.45) is 10.7 Å². The van der Waals surface area contributed by atoms with E-state index < -0.39 is 5.91 Å². The lowest BCUT2D eigenvalue weighted by Gasteiger charge is -2.34. The molecule has 9 heteroatoms. The lowest BCUT2D eigenvalue weighted by atomic mass is 10.1. The molecule has 1 aliphatic heterocycles. The second kappa shape index (κ2) is 15.2. The number of aliphatic imine (C=N–C) groups is 1. The molecule has 0 atom stereocenters. The van der Waals surface area contributed by atoms with Gasteiger partial charge in [0.2, 0.25) is 0 Å². The highest BCUT2D eigenvalue weighted by atomic mass is 127. The van der Waals surface area contributed by atoms with E-state index in [-0.39, 0.29) is 30.6 Å². The van der Waals surface area contributed by atoms with Crippen LogP contribution in [0.3, 0.4) is 0 Å². The maximum absolute atomic E-state index is 10.9. The Bertz CT molecular complexity index is 652. The van der Waals surface area contributed by atoms with E-state index in [1.54, 1.807) is 13.2 Å². The second-order valence-electron chi connectivity index (χ2n) is 6.98. The highest BCUT2D eigenvalue weighted by Crippen LogP contribution is 2.16. The maximum Gasteiger partial charge on any atom is 0.255 e. The van der Waals surface area contributed by atoms with Crippen LogP contribution in [0.15, 0.2) is 29.3 Å². The molecule has 1 aromatic rings. The van der Waals surface area contributed by atoms with Gasteiger partial charge >= 0.3 is 0 Å². The Morgan fingerprint density at radius 2 is 2.07 bits per heavy atom. The van der Waals surface area contributed by atoms with E-state index in [0.717, 1.165) is 63.6 Å². The van der Waals surface area contributed by atoms with Crippen molar-refractivity contribution in [3.63, 3.8) is 0 Å². The zero-order valence-electron chi connectivity index (χ0n) is 18.0. The number of methoxy groups -OCH3 is 1. The number of carbonyl (C=O) groups is 1. The number of carbonyl (C=O) groups excluding carboxylic acids is 1. The molecular formula is C21H35IN4O4. The molecule has 0 saturated carbocycles. The van der Waals surface area contributed by atoms with Gasteiger partial charge in [-0.3, -0.25) is 4.79 Å². The number of piperidine rings is 1. The van der Waals surface area contributed by atoms with Gasteiger partial charge in [-0.1, -0.05) is 12.1 Å². The second-order valence-corrected chi connectivity index (χ2v) is 6.98. The molecule has 0 bridgehead atoms. The third-order valence-electron chi connectivity index (χ3n) is 4.61. The van der Waals surface area contributed by atoms with Gasteiger partial charge in [0.15, 0.2) is 12.6 Å². The van der Waals surface area contributed by atoms with Crippen molar-refractivity contribution in [2.45, 2.75) is 38.8 Å². The molecule has 0 spiro atoms. The molecule has 0 unspecified atom stereocenters. The Balaban J connectivity index is 0.00000450. The predicted molar refractivity (Wildman–Crippen MR) is 128 cm³/mol. The number of nitrogens with one attached hydrogen (secondary N) is 1. The van der Waals surface area contributed by atoms with Crippen molar-refractivity contribution in [1.29, 1.82) is 0 Å². The fourth-order valence-corrected chi connectivity index (χ4v) is 3.17. The lowest BCUT2D eigenvalue weighted by Crippen LogP contribution is -2.47. The number of nitrogens with zero attached hydrogens (tertiary/aromatic N) is 2. The van der Waals surface area contributed by atoms with Gasteiger partial charge in [0, 0.05) is 40.0 Å². The average Bonchev–Trinajstić information content (AvgIpc) is 2.73. The van der Waals surface area contributed by atoms with Gasteiger partial charge in [-0.15, -0.1) is 24.0 Å². The molecule has 1 aliphatic rings. The topological polar surface area (TPSA) is 98.4 Å². The predicted octanol–water partition coefficient (Wildman–Crippen LogP) is 2.15. The summed E-state index contributed by atoms with van der Waals surface area (Å²) in [5, 5.41) is 3.38. The maximum atomic E-state index is 10.9. The molecular weight excluding hydrogens is 499 g/mol. The fourth-order valence-electron chi connectivity index (χ4n) is 3.17. The zero-order valence-corrected chi connectivity index (χ0v) is 20.3. The summed E-state index contributed by atoms with van der Waals surface area (Å²) in [5.74, 6) is 1.04. The molecule has 0 aliphatic carbocycles. The largest absolute Gasteiger partial charge is 0.484 e. The van der Waals surface area contributed by atoms with Crippen molar-refractivity contribution in [1.82, 2.24) is 10.2 Å². The number of amides is 1. The van der Waals surface area contributed by atoms with Crippen molar-refractivity contribution in [3.05, 3.63) is 29.8 Å². The van der Waals surface area contributed by atoms with Gasteiger partial charge in [0.05, 0.1) is 12.6 Å². The molecule has 0 aromatic heterocycles. The van der Waals surface area contributed by atoms with Gasteiger partial charge in [-0.2, -0.15) is 0 Å². The van der Waals surface area contributed by atoms with Crippen LogP contribution < -0.4 is 15.8 Å². The van der Waals surface area contributed by atoms with Gasteiger partial charge in [-0.05, 0) is 43.9 Å². The number of benzene rings is 1. The summed E-state index contributed by atoms with van der Waals surface area (Å²) in [5.41, 5.74) is 6.14. The molecule has 170 valence electrons. The molecule has 1 aromatic carbocycles. The van der Waals surface area contributed by atoms with E-state index in [9.17, 15) is 4.79 Å². The Hall–Kier alpha value is -1.59. The molecule has 30 heavy (non-hydrogen) atoms.